The van der Waals surface area contributed by atoms with Crippen molar-refractivity contribution in [1.82, 2.24) is 5.32 Å². The van der Waals surface area contributed by atoms with Gasteiger partial charge in [0.25, 0.3) is 0 Å². The third-order valence-corrected chi connectivity index (χ3v) is 2.41. The molecule has 9 nitrogen and oxygen atoms in total. The number of carbonyl (C=O) groups is 3. The molecule has 3 unspecified atom stereocenters. The molecule has 1 aliphatic heterocycles. The lowest BCUT2D eigenvalue weighted by Crippen LogP contribution is -2.51. The molecule has 1 rings (SSSR count). The minimum atomic E-state index is -2.44. The summed E-state index contributed by atoms with van der Waals surface area (Å²) >= 11 is 0. The SMILES string of the molecule is O=C([O-])C(O)C(O)C(=O)[O-].O=C([O-])C1CCCNC1. The number of aliphatic hydroxyl groups is 2. The first-order valence-corrected chi connectivity index (χ1v) is 5.46. The molecule has 1 fully saturated rings. The van der Waals surface area contributed by atoms with Crippen LogP contribution in [0.25, 0.3) is 0 Å². The fourth-order valence-electron chi connectivity index (χ4n) is 1.31. The average Bonchev–Trinajstić information content (AvgIpc) is 2.38. The molecule has 0 aliphatic carbocycles. The maximum absolute atomic E-state index is 10.2. The van der Waals surface area contributed by atoms with E-state index >= 15 is 0 Å². The summed E-state index contributed by atoms with van der Waals surface area (Å²) < 4.78 is 0. The highest BCUT2D eigenvalue weighted by Crippen LogP contribution is 2.07. The summed E-state index contributed by atoms with van der Waals surface area (Å²) in [5, 5.41) is 48.9. The molecule has 1 saturated heterocycles. The first-order chi connectivity index (χ1) is 8.77. The van der Waals surface area contributed by atoms with Gasteiger partial charge in [-0.25, -0.2) is 0 Å². The quantitative estimate of drug-likeness (QED) is 0.451. The average molecular weight is 276 g/mol. The summed E-state index contributed by atoms with van der Waals surface area (Å²) in [6.07, 6.45) is -3.15. The van der Waals surface area contributed by atoms with E-state index in [2.05, 4.69) is 5.32 Å². The van der Waals surface area contributed by atoms with Crippen molar-refractivity contribution in [2.75, 3.05) is 13.1 Å². The van der Waals surface area contributed by atoms with Crippen molar-refractivity contribution >= 4 is 17.9 Å². The van der Waals surface area contributed by atoms with Gasteiger partial charge in [-0.15, -0.1) is 0 Å². The van der Waals surface area contributed by atoms with E-state index in [-0.39, 0.29) is 5.92 Å². The molecule has 0 aromatic rings. The number of carboxylic acid groups (broad SMARTS) is 3. The fraction of sp³-hybridized carbons (Fsp3) is 0.700. The fourth-order valence-corrected chi connectivity index (χ4v) is 1.31. The second kappa shape index (κ2) is 8.40. The van der Waals surface area contributed by atoms with Crippen LogP contribution in [0.2, 0.25) is 0 Å². The molecule has 110 valence electrons. The summed E-state index contributed by atoms with van der Waals surface area (Å²) in [5.74, 6) is -5.28. The van der Waals surface area contributed by atoms with E-state index in [1.54, 1.807) is 0 Å². The minimum Gasteiger partial charge on any atom is -0.550 e. The number of rotatable bonds is 4. The summed E-state index contributed by atoms with van der Waals surface area (Å²) in [7, 11) is 0. The van der Waals surface area contributed by atoms with E-state index in [0.29, 0.717) is 6.54 Å². The number of aliphatic carboxylic acids is 3. The van der Waals surface area contributed by atoms with Crippen molar-refractivity contribution < 1.29 is 39.9 Å². The molecule has 0 aromatic heterocycles. The lowest BCUT2D eigenvalue weighted by molar-refractivity contribution is -0.333. The van der Waals surface area contributed by atoms with Gasteiger partial charge in [0, 0.05) is 18.4 Å². The van der Waals surface area contributed by atoms with Crippen LogP contribution < -0.4 is 20.6 Å². The van der Waals surface area contributed by atoms with E-state index in [9.17, 15) is 29.7 Å². The van der Waals surface area contributed by atoms with Crippen LogP contribution >= 0.6 is 0 Å². The molecule has 0 amide bonds. The van der Waals surface area contributed by atoms with Gasteiger partial charge in [0.05, 0.1) is 11.9 Å². The Labute approximate surface area is 108 Å². The molecule has 0 spiro atoms. The Balaban J connectivity index is 0.000000342. The van der Waals surface area contributed by atoms with E-state index in [4.69, 9.17) is 10.2 Å². The van der Waals surface area contributed by atoms with Crippen LogP contribution in [0, 0.1) is 5.92 Å². The highest BCUT2D eigenvalue weighted by molar-refractivity contribution is 5.80. The molecule has 0 radical (unpaired) electrons. The first kappa shape index (κ1) is 17.3. The van der Waals surface area contributed by atoms with Crippen molar-refractivity contribution in [1.29, 1.82) is 0 Å². The van der Waals surface area contributed by atoms with Crippen LogP contribution in [-0.4, -0.2) is 53.4 Å². The van der Waals surface area contributed by atoms with Crippen molar-refractivity contribution in [3.63, 3.8) is 0 Å². The molecule has 1 aliphatic rings. The Morgan fingerprint density at radius 1 is 1.05 bits per heavy atom. The molecular weight excluding hydrogens is 262 g/mol. The standard InChI is InChI=1S/C6H11NO2.C4H6O6/c8-6(9)5-2-1-3-7-4-5;5-1(3(7)8)2(6)4(9)10/h5,7H,1-4H2,(H,8,9);1-2,5-6H,(H,7,8)(H,9,10)/p-3. The van der Waals surface area contributed by atoms with Gasteiger partial charge in [0.1, 0.15) is 12.2 Å². The Morgan fingerprint density at radius 2 is 1.53 bits per heavy atom. The molecule has 9 heteroatoms. The molecule has 3 atom stereocenters. The molecule has 0 saturated carbocycles. The minimum absolute atomic E-state index is 0.251. The number of piperidine rings is 1. The zero-order chi connectivity index (χ0) is 15.0. The summed E-state index contributed by atoms with van der Waals surface area (Å²) in [6.45, 7) is 1.53. The summed E-state index contributed by atoms with van der Waals surface area (Å²) in [5.41, 5.74) is 0. The van der Waals surface area contributed by atoms with Crippen LogP contribution in [0.5, 0.6) is 0 Å². The maximum Gasteiger partial charge on any atom is 0.124 e. The van der Waals surface area contributed by atoms with Crippen molar-refractivity contribution in [3.8, 4) is 0 Å². The largest absolute Gasteiger partial charge is 0.550 e. The molecule has 19 heavy (non-hydrogen) atoms. The van der Waals surface area contributed by atoms with Gasteiger partial charge in [-0.2, -0.15) is 0 Å². The number of hydrogen-bond acceptors (Lipinski definition) is 9. The van der Waals surface area contributed by atoms with Crippen LogP contribution in [-0.2, 0) is 14.4 Å². The predicted molar refractivity (Wildman–Crippen MR) is 52.6 cm³/mol. The van der Waals surface area contributed by atoms with Gasteiger partial charge in [-0.05, 0) is 19.4 Å². The second-order valence-corrected chi connectivity index (χ2v) is 3.89. The molecule has 3 N–H and O–H groups in total. The van der Waals surface area contributed by atoms with Gasteiger partial charge < -0.3 is 45.2 Å². The van der Waals surface area contributed by atoms with Crippen LogP contribution in [0.4, 0.5) is 0 Å². The number of carbonyl (C=O) groups excluding carboxylic acids is 3. The third-order valence-electron chi connectivity index (χ3n) is 2.41. The van der Waals surface area contributed by atoms with Crippen LogP contribution in [0.1, 0.15) is 12.8 Å². The van der Waals surface area contributed by atoms with Crippen LogP contribution in [0.3, 0.4) is 0 Å². The highest BCUT2D eigenvalue weighted by atomic mass is 16.4. The maximum atomic E-state index is 10.2. The monoisotopic (exact) mass is 276 g/mol. The van der Waals surface area contributed by atoms with Crippen LogP contribution in [0.15, 0.2) is 0 Å². The Bertz CT molecular complexity index is 307. The number of aliphatic hydroxyl groups excluding tert-OH is 2. The zero-order valence-corrected chi connectivity index (χ0v) is 9.90. The summed E-state index contributed by atoms with van der Waals surface area (Å²) in [4.78, 5) is 29.5. The topological polar surface area (TPSA) is 173 Å². The Kier molecular flexibility index (Phi) is 7.65. The van der Waals surface area contributed by atoms with E-state index in [1.165, 1.54) is 0 Å². The number of hydrogen-bond donors (Lipinski definition) is 3. The van der Waals surface area contributed by atoms with Crippen molar-refractivity contribution in [2.24, 2.45) is 5.92 Å². The van der Waals surface area contributed by atoms with Gasteiger partial charge in [-0.1, -0.05) is 0 Å². The molecule has 1 heterocycles. The smallest absolute Gasteiger partial charge is 0.124 e. The third kappa shape index (κ3) is 6.70. The lowest BCUT2D eigenvalue weighted by atomic mass is 10.0. The number of nitrogens with one attached hydrogen (secondary N) is 1. The van der Waals surface area contributed by atoms with Gasteiger partial charge in [0.15, 0.2) is 0 Å². The first-order valence-electron chi connectivity index (χ1n) is 5.46. The number of carboxylic acids is 3. The van der Waals surface area contributed by atoms with E-state index < -0.39 is 30.1 Å². The van der Waals surface area contributed by atoms with E-state index in [1.807, 2.05) is 0 Å². The van der Waals surface area contributed by atoms with Crippen molar-refractivity contribution in [3.05, 3.63) is 0 Å². The molecular formula is C10H14NO8-3. The molecule has 0 bridgehead atoms. The molecule has 0 aromatic carbocycles. The summed E-state index contributed by atoms with van der Waals surface area (Å²) in [6, 6.07) is 0. The second-order valence-electron chi connectivity index (χ2n) is 3.89. The zero-order valence-electron chi connectivity index (χ0n) is 9.90. The van der Waals surface area contributed by atoms with E-state index in [0.717, 1.165) is 19.4 Å². The Morgan fingerprint density at radius 3 is 1.74 bits per heavy atom. The Hall–Kier alpha value is -1.71. The highest BCUT2D eigenvalue weighted by Gasteiger charge is 2.17. The normalized spacial score (nSPS) is 21.5. The predicted octanol–water partition coefficient (Wildman–Crippen LogP) is -6.06. The van der Waals surface area contributed by atoms with Crippen molar-refractivity contribution in [2.45, 2.75) is 25.0 Å². The van der Waals surface area contributed by atoms with Gasteiger partial charge in [0.2, 0.25) is 0 Å². The lowest BCUT2D eigenvalue weighted by Gasteiger charge is -2.22. The van der Waals surface area contributed by atoms with Gasteiger partial charge in [-0.3, -0.25) is 0 Å². The van der Waals surface area contributed by atoms with Gasteiger partial charge >= 0.3 is 0 Å².